The summed E-state index contributed by atoms with van der Waals surface area (Å²) in [5, 5.41) is 0. The van der Waals surface area contributed by atoms with E-state index >= 15 is 0 Å². The Labute approximate surface area is 125 Å². The molecule has 0 bridgehead atoms. The Hall–Kier alpha value is -1.62. The number of piperidine rings is 1. The van der Waals surface area contributed by atoms with Gasteiger partial charge in [-0.25, -0.2) is 4.39 Å². The van der Waals surface area contributed by atoms with Gasteiger partial charge in [-0.1, -0.05) is 26.8 Å². The summed E-state index contributed by atoms with van der Waals surface area (Å²) >= 11 is 0. The van der Waals surface area contributed by atoms with Crippen LogP contribution in [0.2, 0.25) is 0 Å². The predicted molar refractivity (Wildman–Crippen MR) is 82.3 cm³/mol. The zero-order chi connectivity index (χ0) is 15.6. The molecule has 5 heteroatoms. The lowest BCUT2D eigenvalue weighted by Crippen LogP contribution is -2.41. The molecule has 1 amide bonds. The third kappa shape index (κ3) is 3.35. The summed E-state index contributed by atoms with van der Waals surface area (Å²) in [6, 6.07) is 4.43. The molecule has 1 heterocycles. The van der Waals surface area contributed by atoms with E-state index in [-0.39, 0.29) is 17.0 Å². The van der Waals surface area contributed by atoms with Gasteiger partial charge in [0, 0.05) is 13.1 Å². The van der Waals surface area contributed by atoms with Crippen LogP contribution in [-0.4, -0.2) is 23.9 Å². The van der Waals surface area contributed by atoms with Gasteiger partial charge in [0.15, 0.2) is 0 Å². The van der Waals surface area contributed by atoms with Gasteiger partial charge in [0.25, 0.3) is 5.91 Å². The number of nitrogens with zero attached hydrogens (tertiary/aromatic N) is 1. The molecule has 1 fully saturated rings. The summed E-state index contributed by atoms with van der Waals surface area (Å²) in [6.45, 7) is 8.12. The first-order valence-electron chi connectivity index (χ1n) is 7.39. The molecular weight excluding hydrogens is 269 g/mol. The molecular formula is C16H24FN3O. The molecule has 1 aliphatic heterocycles. The van der Waals surface area contributed by atoms with Crippen molar-refractivity contribution in [2.75, 3.05) is 18.5 Å². The minimum Gasteiger partial charge on any atom is -0.339 e. The lowest BCUT2D eigenvalue weighted by molar-refractivity contribution is 0.0609. The van der Waals surface area contributed by atoms with E-state index in [1.165, 1.54) is 12.1 Å². The average molecular weight is 293 g/mol. The lowest BCUT2D eigenvalue weighted by atomic mass is 9.75. The molecule has 0 unspecified atom stereocenters. The summed E-state index contributed by atoms with van der Waals surface area (Å²) in [6.07, 6.45) is 1.96. The number of likely N-dealkylation sites (tertiary alicyclic amines) is 1. The number of amides is 1. The number of halogens is 1. The summed E-state index contributed by atoms with van der Waals surface area (Å²) in [7, 11) is 0. The zero-order valence-electron chi connectivity index (χ0n) is 12.9. The van der Waals surface area contributed by atoms with Gasteiger partial charge < -0.3 is 10.3 Å². The Bertz CT molecular complexity index is 517. The van der Waals surface area contributed by atoms with E-state index in [0.29, 0.717) is 24.6 Å². The second kappa shape index (κ2) is 6.02. The molecule has 0 atom stereocenters. The maximum absolute atomic E-state index is 13.7. The number of anilines is 1. The Balaban J connectivity index is 2.11. The SMILES string of the molecule is CC(C)(C)C1CCN(C(=O)c2cccc(F)c2NN)CC1. The van der Waals surface area contributed by atoms with Crippen molar-refractivity contribution in [2.45, 2.75) is 33.6 Å². The first-order valence-corrected chi connectivity index (χ1v) is 7.39. The molecule has 1 aromatic rings. The molecule has 1 aromatic carbocycles. The van der Waals surface area contributed by atoms with E-state index in [0.717, 1.165) is 12.8 Å². The van der Waals surface area contributed by atoms with Crippen LogP contribution in [0.4, 0.5) is 10.1 Å². The number of rotatable bonds is 2. The molecule has 3 N–H and O–H groups in total. The van der Waals surface area contributed by atoms with Crippen LogP contribution in [0, 0.1) is 17.2 Å². The molecule has 1 aliphatic rings. The van der Waals surface area contributed by atoms with Crippen LogP contribution in [-0.2, 0) is 0 Å². The van der Waals surface area contributed by atoms with Crippen LogP contribution in [0.5, 0.6) is 0 Å². The van der Waals surface area contributed by atoms with Gasteiger partial charge in [-0.15, -0.1) is 0 Å². The van der Waals surface area contributed by atoms with Gasteiger partial charge in [-0.2, -0.15) is 0 Å². The molecule has 0 spiro atoms. The van der Waals surface area contributed by atoms with E-state index in [4.69, 9.17) is 5.84 Å². The van der Waals surface area contributed by atoms with E-state index < -0.39 is 5.82 Å². The molecule has 0 radical (unpaired) electrons. The molecule has 0 aromatic heterocycles. The lowest BCUT2D eigenvalue weighted by Gasteiger charge is -2.39. The number of carbonyl (C=O) groups excluding carboxylic acids is 1. The maximum Gasteiger partial charge on any atom is 0.256 e. The first-order chi connectivity index (χ1) is 9.84. The fourth-order valence-electron chi connectivity index (χ4n) is 2.97. The second-order valence-corrected chi connectivity index (χ2v) is 6.74. The third-order valence-corrected chi connectivity index (χ3v) is 4.40. The second-order valence-electron chi connectivity index (χ2n) is 6.74. The fourth-order valence-corrected chi connectivity index (χ4v) is 2.97. The monoisotopic (exact) mass is 293 g/mol. The van der Waals surface area contributed by atoms with Gasteiger partial charge in [-0.3, -0.25) is 10.6 Å². The van der Waals surface area contributed by atoms with Gasteiger partial charge in [0.1, 0.15) is 5.82 Å². The van der Waals surface area contributed by atoms with Gasteiger partial charge in [0.2, 0.25) is 0 Å². The van der Waals surface area contributed by atoms with Crippen LogP contribution in [0.15, 0.2) is 18.2 Å². The highest BCUT2D eigenvalue weighted by Crippen LogP contribution is 2.34. The van der Waals surface area contributed by atoms with E-state index in [1.807, 2.05) is 0 Å². The van der Waals surface area contributed by atoms with Crippen molar-refractivity contribution in [2.24, 2.45) is 17.2 Å². The normalized spacial score (nSPS) is 16.9. The number of nitrogen functional groups attached to an aromatic ring is 1. The van der Waals surface area contributed by atoms with E-state index in [9.17, 15) is 9.18 Å². The largest absolute Gasteiger partial charge is 0.339 e. The Morgan fingerprint density at radius 3 is 2.48 bits per heavy atom. The van der Waals surface area contributed by atoms with Crippen LogP contribution in [0.3, 0.4) is 0 Å². The average Bonchev–Trinajstić information content (AvgIpc) is 2.45. The van der Waals surface area contributed by atoms with Crippen LogP contribution in [0.1, 0.15) is 44.0 Å². The van der Waals surface area contributed by atoms with Crippen molar-refractivity contribution in [1.82, 2.24) is 4.90 Å². The first kappa shape index (κ1) is 15.8. The highest BCUT2D eigenvalue weighted by Gasteiger charge is 2.31. The molecule has 21 heavy (non-hydrogen) atoms. The number of hydrogen-bond acceptors (Lipinski definition) is 3. The van der Waals surface area contributed by atoms with Crippen LogP contribution >= 0.6 is 0 Å². The number of hydrazine groups is 1. The number of benzene rings is 1. The topological polar surface area (TPSA) is 58.4 Å². The Morgan fingerprint density at radius 1 is 1.33 bits per heavy atom. The van der Waals surface area contributed by atoms with E-state index in [1.54, 1.807) is 11.0 Å². The zero-order valence-corrected chi connectivity index (χ0v) is 12.9. The summed E-state index contributed by atoms with van der Waals surface area (Å²) in [4.78, 5) is 14.3. The fraction of sp³-hybridized carbons (Fsp3) is 0.562. The van der Waals surface area contributed by atoms with Crippen LogP contribution in [0.25, 0.3) is 0 Å². The standard InChI is InChI=1S/C16H24FN3O/c1-16(2,3)11-7-9-20(10-8-11)15(21)12-5-4-6-13(17)14(12)19-18/h4-6,11,19H,7-10,18H2,1-3H3. The summed E-state index contributed by atoms with van der Waals surface area (Å²) in [5.41, 5.74) is 2.92. The smallest absolute Gasteiger partial charge is 0.256 e. The number of para-hydroxylation sites is 1. The third-order valence-electron chi connectivity index (χ3n) is 4.40. The number of nitrogens with two attached hydrogens (primary N) is 1. The minimum atomic E-state index is -0.507. The summed E-state index contributed by atoms with van der Waals surface area (Å²) < 4.78 is 13.7. The molecule has 0 saturated carbocycles. The van der Waals surface area contributed by atoms with Gasteiger partial charge in [-0.05, 0) is 36.3 Å². The molecule has 0 aliphatic carbocycles. The molecule has 2 rings (SSSR count). The van der Waals surface area contributed by atoms with Crippen molar-refractivity contribution in [1.29, 1.82) is 0 Å². The van der Waals surface area contributed by atoms with Crippen molar-refractivity contribution in [3.8, 4) is 0 Å². The van der Waals surface area contributed by atoms with Crippen molar-refractivity contribution >= 4 is 11.6 Å². The van der Waals surface area contributed by atoms with Crippen molar-refractivity contribution in [3.63, 3.8) is 0 Å². The van der Waals surface area contributed by atoms with Crippen LogP contribution < -0.4 is 11.3 Å². The molecule has 4 nitrogen and oxygen atoms in total. The quantitative estimate of drug-likeness (QED) is 0.651. The van der Waals surface area contributed by atoms with Gasteiger partial charge >= 0.3 is 0 Å². The molecule has 116 valence electrons. The Kier molecular flexibility index (Phi) is 4.52. The van der Waals surface area contributed by atoms with Crippen molar-refractivity contribution in [3.05, 3.63) is 29.6 Å². The van der Waals surface area contributed by atoms with Gasteiger partial charge in [0.05, 0.1) is 11.3 Å². The highest BCUT2D eigenvalue weighted by atomic mass is 19.1. The Morgan fingerprint density at radius 2 is 1.95 bits per heavy atom. The number of nitrogens with one attached hydrogen (secondary N) is 1. The molecule has 1 saturated heterocycles. The van der Waals surface area contributed by atoms with E-state index in [2.05, 4.69) is 26.2 Å². The highest BCUT2D eigenvalue weighted by molar-refractivity contribution is 5.99. The number of hydrogen-bond donors (Lipinski definition) is 2. The minimum absolute atomic E-state index is 0.0699. The number of carbonyl (C=O) groups is 1. The van der Waals surface area contributed by atoms with Crippen molar-refractivity contribution < 1.29 is 9.18 Å². The summed E-state index contributed by atoms with van der Waals surface area (Å²) in [5.74, 6) is 5.29. The predicted octanol–water partition coefficient (Wildman–Crippen LogP) is 3.01. The maximum atomic E-state index is 13.7.